The third kappa shape index (κ3) is 4.32. The predicted octanol–water partition coefficient (Wildman–Crippen LogP) is 1.16. The molecule has 0 radical (unpaired) electrons. The van der Waals surface area contributed by atoms with Gasteiger partial charge in [0.2, 0.25) is 5.91 Å². The molecule has 1 amide bonds. The summed E-state index contributed by atoms with van der Waals surface area (Å²) < 4.78 is 0. The van der Waals surface area contributed by atoms with Crippen LogP contribution in [0.3, 0.4) is 0 Å². The number of hydrogen-bond donors (Lipinski definition) is 2. The molecule has 1 fully saturated rings. The summed E-state index contributed by atoms with van der Waals surface area (Å²) in [6, 6.07) is 9.83. The summed E-state index contributed by atoms with van der Waals surface area (Å²) in [6.07, 6.45) is 3.13. The lowest BCUT2D eigenvalue weighted by atomic mass is 10.1. The van der Waals surface area contributed by atoms with Crippen LogP contribution in [0.15, 0.2) is 30.3 Å². The zero-order chi connectivity index (χ0) is 14.4. The Morgan fingerprint density at radius 2 is 1.95 bits per heavy atom. The standard InChI is InChI=1S/C16H25N3O/c1-13(19-9-5-6-10-19)12-18-16(20)15(17)11-14-7-3-2-4-8-14/h2-4,7-8,13,15H,5-6,9-12,17H2,1H3,(H,18,20). The van der Waals surface area contributed by atoms with E-state index in [1.807, 2.05) is 30.3 Å². The minimum Gasteiger partial charge on any atom is -0.353 e. The highest BCUT2D eigenvalue weighted by Gasteiger charge is 2.20. The van der Waals surface area contributed by atoms with Crippen LogP contribution in [0.2, 0.25) is 0 Å². The van der Waals surface area contributed by atoms with Crippen molar-refractivity contribution in [3.8, 4) is 0 Å². The van der Waals surface area contributed by atoms with Crippen molar-refractivity contribution < 1.29 is 4.79 Å². The van der Waals surface area contributed by atoms with Gasteiger partial charge in [-0.15, -0.1) is 0 Å². The van der Waals surface area contributed by atoms with Gasteiger partial charge in [-0.2, -0.15) is 0 Å². The fraction of sp³-hybridized carbons (Fsp3) is 0.562. The summed E-state index contributed by atoms with van der Waals surface area (Å²) in [7, 11) is 0. The van der Waals surface area contributed by atoms with Gasteiger partial charge in [-0.1, -0.05) is 30.3 Å². The van der Waals surface area contributed by atoms with Crippen LogP contribution in [0.25, 0.3) is 0 Å². The van der Waals surface area contributed by atoms with E-state index in [9.17, 15) is 4.79 Å². The maximum Gasteiger partial charge on any atom is 0.237 e. The van der Waals surface area contributed by atoms with Crippen LogP contribution in [0.5, 0.6) is 0 Å². The van der Waals surface area contributed by atoms with Gasteiger partial charge in [-0.05, 0) is 44.8 Å². The van der Waals surface area contributed by atoms with Crippen LogP contribution < -0.4 is 11.1 Å². The molecular weight excluding hydrogens is 250 g/mol. The molecular formula is C16H25N3O. The molecule has 0 saturated carbocycles. The van der Waals surface area contributed by atoms with Crippen molar-refractivity contribution in [2.24, 2.45) is 5.73 Å². The second-order valence-electron chi connectivity index (χ2n) is 5.63. The van der Waals surface area contributed by atoms with Crippen LogP contribution in [0.4, 0.5) is 0 Å². The monoisotopic (exact) mass is 275 g/mol. The number of rotatable bonds is 6. The number of likely N-dealkylation sites (tertiary alicyclic amines) is 1. The van der Waals surface area contributed by atoms with Gasteiger partial charge in [-0.3, -0.25) is 9.69 Å². The lowest BCUT2D eigenvalue weighted by Crippen LogP contribution is -2.47. The molecule has 0 aliphatic carbocycles. The molecule has 1 aliphatic rings. The first kappa shape index (κ1) is 15.0. The molecule has 0 spiro atoms. The van der Waals surface area contributed by atoms with E-state index in [2.05, 4.69) is 17.1 Å². The molecule has 2 atom stereocenters. The Labute approximate surface area is 121 Å². The van der Waals surface area contributed by atoms with Gasteiger partial charge in [-0.25, -0.2) is 0 Å². The number of nitrogens with one attached hydrogen (secondary N) is 1. The second-order valence-corrected chi connectivity index (χ2v) is 5.63. The largest absolute Gasteiger partial charge is 0.353 e. The van der Waals surface area contributed by atoms with E-state index < -0.39 is 6.04 Å². The highest BCUT2D eigenvalue weighted by atomic mass is 16.2. The summed E-state index contributed by atoms with van der Waals surface area (Å²) in [5.41, 5.74) is 7.06. The van der Waals surface area contributed by atoms with Crippen LogP contribution in [-0.2, 0) is 11.2 Å². The molecule has 20 heavy (non-hydrogen) atoms. The average molecular weight is 275 g/mol. The van der Waals surface area contributed by atoms with Crippen LogP contribution in [0, 0.1) is 0 Å². The second kappa shape index (κ2) is 7.41. The molecule has 2 unspecified atom stereocenters. The van der Waals surface area contributed by atoms with Gasteiger partial charge in [0.15, 0.2) is 0 Å². The summed E-state index contributed by atoms with van der Waals surface area (Å²) in [6.45, 7) is 5.13. The van der Waals surface area contributed by atoms with Gasteiger partial charge in [0, 0.05) is 12.6 Å². The summed E-state index contributed by atoms with van der Waals surface area (Å²) in [5.74, 6) is -0.0556. The van der Waals surface area contributed by atoms with E-state index in [1.165, 1.54) is 12.8 Å². The Bertz CT molecular complexity index is 415. The number of hydrogen-bond acceptors (Lipinski definition) is 3. The number of carbonyl (C=O) groups is 1. The van der Waals surface area contributed by atoms with Crippen molar-refractivity contribution >= 4 is 5.91 Å². The van der Waals surface area contributed by atoms with E-state index in [-0.39, 0.29) is 5.91 Å². The Hall–Kier alpha value is -1.39. The maximum atomic E-state index is 12.0. The van der Waals surface area contributed by atoms with Crippen LogP contribution in [-0.4, -0.2) is 42.5 Å². The van der Waals surface area contributed by atoms with Crippen molar-refractivity contribution in [1.82, 2.24) is 10.2 Å². The van der Waals surface area contributed by atoms with Gasteiger partial charge in [0.1, 0.15) is 0 Å². The van der Waals surface area contributed by atoms with Gasteiger partial charge in [0.05, 0.1) is 6.04 Å². The Morgan fingerprint density at radius 1 is 1.30 bits per heavy atom. The third-order valence-electron chi connectivity index (χ3n) is 3.97. The van der Waals surface area contributed by atoms with Crippen LogP contribution in [0.1, 0.15) is 25.3 Å². The van der Waals surface area contributed by atoms with E-state index in [1.54, 1.807) is 0 Å². The van der Waals surface area contributed by atoms with E-state index >= 15 is 0 Å². The number of nitrogens with zero attached hydrogens (tertiary/aromatic N) is 1. The summed E-state index contributed by atoms with van der Waals surface area (Å²) >= 11 is 0. The lowest BCUT2D eigenvalue weighted by Gasteiger charge is -2.24. The topological polar surface area (TPSA) is 58.4 Å². The molecule has 1 saturated heterocycles. The van der Waals surface area contributed by atoms with E-state index in [0.717, 1.165) is 18.7 Å². The first-order valence-electron chi connectivity index (χ1n) is 7.48. The lowest BCUT2D eigenvalue weighted by molar-refractivity contribution is -0.122. The number of benzene rings is 1. The molecule has 3 N–H and O–H groups in total. The molecule has 4 nitrogen and oxygen atoms in total. The molecule has 110 valence electrons. The number of carbonyl (C=O) groups excluding carboxylic acids is 1. The zero-order valence-electron chi connectivity index (χ0n) is 12.2. The smallest absolute Gasteiger partial charge is 0.237 e. The molecule has 0 bridgehead atoms. The molecule has 1 heterocycles. The Balaban J connectivity index is 1.73. The Morgan fingerprint density at radius 3 is 2.60 bits per heavy atom. The minimum absolute atomic E-state index is 0.0556. The van der Waals surface area contributed by atoms with Crippen molar-refractivity contribution in [3.05, 3.63) is 35.9 Å². The van der Waals surface area contributed by atoms with Crippen molar-refractivity contribution in [2.75, 3.05) is 19.6 Å². The van der Waals surface area contributed by atoms with Gasteiger partial charge < -0.3 is 11.1 Å². The van der Waals surface area contributed by atoms with E-state index in [4.69, 9.17) is 5.73 Å². The van der Waals surface area contributed by atoms with Gasteiger partial charge in [0.25, 0.3) is 0 Å². The quantitative estimate of drug-likeness (QED) is 0.819. The fourth-order valence-electron chi connectivity index (χ4n) is 2.65. The van der Waals surface area contributed by atoms with Crippen molar-refractivity contribution in [3.63, 3.8) is 0 Å². The normalized spacial score (nSPS) is 18.7. The number of amides is 1. The molecule has 1 aromatic carbocycles. The van der Waals surface area contributed by atoms with Gasteiger partial charge >= 0.3 is 0 Å². The molecule has 0 aromatic heterocycles. The maximum absolute atomic E-state index is 12.0. The fourth-order valence-corrected chi connectivity index (χ4v) is 2.65. The minimum atomic E-state index is -0.469. The molecule has 1 aliphatic heterocycles. The van der Waals surface area contributed by atoms with Crippen molar-refractivity contribution in [2.45, 2.75) is 38.3 Å². The first-order valence-corrected chi connectivity index (χ1v) is 7.48. The summed E-state index contributed by atoms with van der Waals surface area (Å²) in [5, 5.41) is 2.97. The van der Waals surface area contributed by atoms with Crippen LogP contribution >= 0.6 is 0 Å². The highest BCUT2D eigenvalue weighted by Crippen LogP contribution is 2.10. The van der Waals surface area contributed by atoms with E-state index in [0.29, 0.717) is 19.0 Å². The molecule has 4 heteroatoms. The SMILES string of the molecule is CC(CNC(=O)C(N)Cc1ccccc1)N1CCCC1. The average Bonchev–Trinajstić information content (AvgIpc) is 2.99. The summed E-state index contributed by atoms with van der Waals surface area (Å²) in [4.78, 5) is 14.4. The predicted molar refractivity (Wildman–Crippen MR) is 81.4 cm³/mol. The Kier molecular flexibility index (Phi) is 5.56. The first-order chi connectivity index (χ1) is 9.66. The molecule has 2 rings (SSSR count). The highest BCUT2D eigenvalue weighted by molar-refractivity contribution is 5.81. The number of nitrogens with two attached hydrogens (primary N) is 1. The molecule has 1 aromatic rings. The third-order valence-corrected chi connectivity index (χ3v) is 3.97. The zero-order valence-corrected chi connectivity index (χ0v) is 12.2. The van der Waals surface area contributed by atoms with Crippen molar-refractivity contribution in [1.29, 1.82) is 0 Å².